The molecule has 2 aliphatic heterocycles. The van der Waals surface area contributed by atoms with E-state index in [9.17, 15) is 0 Å². The Kier molecular flexibility index (Phi) is 5.05. The summed E-state index contributed by atoms with van der Waals surface area (Å²) in [6.45, 7) is 12.6. The number of ether oxygens (including phenoxy) is 1. The summed E-state index contributed by atoms with van der Waals surface area (Å²) in [4.78, 5) is 2.71. The third kappa shape index (κ3) is 3.06. The summed E-state index contributed by atoms with van der Waals surface area (Å²) in [5, 5.41) is 3.69. The van der Waals surface area contributed by atoms with Crippen LogP contribution in [0.15, 0.2) is 0 Å². The summed E-state index contributed by atoms with van der Waals surface area (Å²) in [5.41, 5.74) is 0. The van der Waals surface area contributed by atoms with E-state index < -0.39 is 0 Å². The standard InChI is InChI=1S/C15H30N2O/c1-5-13-10-17(14(9-16-13)11(2)3)12(4)15-7-6-8-18-15/h11-16H,5-10H2,1-4H3. The summed E-state index contributed by atoms with van der Waals surface area (Å²) in [5.74, 6) is 0.708. The van der Waals surface area contributed by atoms with Crippen LogP contribution < -0.4 is 5.32 Å². The van der Waals surface area contributed by atoms with Crippen molar-refractivity contribution in [1.82, 2.24) is 10.2 Å². The molecule has 18 heavy (non-hydrogen) atoms. The van der Waals surface area contributed by atoms with E-state index in [1.807, 2.05) is 0 Å². The molecule has 4 atom stereocenters. The van der Waals surface area contributed by atoms with E-state index in [1.165, 1.54) is 25.8 Å². The third-order valence-electron chi connectivity index (χ3n) is 4.76. The van der Waals surface area contributed by atoms with Gasteiger partial charge in [0.2, 0.25) is 0 Å². The van der Waals surface area contributed by atoms with Crippen LogP contribution in [0.5, 0.6) is 0 Å². The van der Waals surface area contributed by atoms with Crippen molar-refractivity contribution in [1.29, 1.82) is 0 Å². The molecule has 1 N–H and O–H groups in total. The van der Waals surface area contributed by atoms with Crippen LogP contribution in [0.4, 0.5) is 0 Å². The Hall–Kier alpha value is -0.120. The van der Waals surface area contributed by atoms with E-state index in [0.717, 1.165) is 13.2 Å². The highest BCUT2D eigenvalue weighted by Gasteiger charge is 2.36. The molecule has 3 nitrogen and oxygen atoms in total. The van der Waals surface area contributed by atoms with Crippen LogP contribution in [-0.2, 0) is 4.74 Å². The minimum absolute atomic E-state index is 0.460. The van der Waals surface area contributed by atoms with E-state index in [-0.39, 0.29) is 0 Å². The summed E-state index contributed by atoms with van der Waals surface area (Å²) in [7, 11) is 0. The molecule has 0 spiro atoms. The van der Waals surface area contributed by atoms with Gasteiger partial charge in [-0.2, -0.15) is 0 Å². The zero-order valence-corrected chi connectivity index (χ0v) is 12.5. The molecule has 0 amide bonds. The second-order valence-corrected chi connectivity index (χ2v) is 6.31. The number of piperazine rings is 1. The van der Waals surface area contributed by atoms with Crippen LogP contribution in [-0.4, -0.2) is 48.8 Å². The molecular weight excluding hydrogens is 224 g/mol. The first-order chi connectivity index (χ1) is 8.63. The summed E-state index contributed by atoms with van der Waals surface area (Å²) < 4.78 is 5.90. The highest BCUT2D eigenvalue weighted by Crippen LogP contribution is 2.25. The maximum absolute atomic E-state index is 5.90. The van der Waals surface area contributed by atoms with Gasteiger partial charge in [-0.3, -0.25) is 4.90 Å². The van der Waals surface area contributed by atoms with E-state index in [0.29, 0.717) is 30.1 Å². The average molecular weight is 254 g/mol. The second-order valence-electron chi connectivity index (χ2n) is 6.31. The van der Waals surface area contributed by atoms with Gasteiger partial charge in [-0.1, -0.05) is 20.8 Å². The van der Waals surface area contributed by atoms with E-state index in [2.05, 4.69) is 37.9 Å². The Balaban J connectivity index is 2.03. The molecule has 4 unspecified atom stereocenters. The van der Waals surface area contributed by atoms with Crippen LogP contribution in [0, 0.1) is 5.92 Å². The molecule has 2 heterocycles. The lowest BCUT2D eigenvalue weighted by molar-refractivity contribution is -0.0157. The van der Waals surface area contributed by atoms with Gasteiger partial charge < -0.3 is 10.1 Å². The number of hydrogen-bond donors (Lipinski definition) is 1. The van der Waals surface area contributed by atoms with Crippen LogP contribution in [0.3, 0.4) is 0 Å². The van der Waals surface area contributed by atoms with E-state index in [4.69, 9.17) is 4.74 Å². The first kappa shape index (κ1) is 14.3. The average Bonchev–Trinajstić information content (AvgIpc) is 2.90. The topological polar surface area (TPSA) is 24.5 Å². The highest BCUT2D eigenvalue weighted by atomic mass is 16.5. The molecule has 2 fully saturated rings. The minimum atomic E-state index is 0.460. The molecule has 0 radical (unpaired) electrons. The Bertz CT molecular complexity index is 251. The smallest absolute Gasteiger partial charge is 0.0728 e. The normalized spacial score (nSPS) is 36.2. The van der Waals surface area contributed by atoms with Gasteiger partial charge in [-0.05, 0) is 32.1 Å². The summed E-state index contributed by atoms with van der Waals surface area (Å²) in [6.07, 6.45) is 4.17. The summed E-state index contributed by atoms with van der Waals surface area (Å²) in [6, 6.07) is 1.88. The molecule has 0 saturated carbocycles. The lowest BCUT2D eigenvalue weighted by Crippen LogP contribution is -2.62. The SMILES string of the molecule is CCC1CN(C(C)C2CCCO2)C(C(C)C)CN1. The Morgan fingerprint density at radius 3 is 2.67 bits per heavy atom. The van der Waals surface area contributed by atoms with E-state index in [1.54, 1.807) is 0 Å². The van der Waals surface area contributed by atoms with Gasteiger partial charge in [0.1, 0.15) is 0 Å². The van der Waals surface area contributed by atoms with Crippen molar-refractivity contribution in [2.75, 3.05) is 19.7 Å². The molecule has 0 aromatic rings. The monoisotopic (exact) mass is 254 g/mol. The van der Waals surface area contributed by atoms with Crippen LogP contribution in [0.2, 0.25) is 0 Å². The highest BCUT2D eigenvalue weighted by molar-refractivity contribution is 4.92. The predicted octanol–water partition coefficient (Wildman–Crippen LogP) is 2.26. The molecular formula is C15H30N2O. The van der Waals surface area contributed by atoms with Crippen molar-refractivity contribution in [3.8, 4) is 0 Å². The fraction of sp³-hybridized carbons (Fsp3) is 1.00. The Morgan fingerprint density at radius 2 is 2.11 bits per heavy atom. The van der Waals surface area contributed by atoms with Crippen molar-refractivity contribution in [2.24, 2.45) is 5.92 Å². The van der Waals surface area contributed by atoms with Crippen LogP contribution >= 0.6 is 0 Å². The first-order valence-electron chi connectivity index (χ1n) is 7.74. The van der Waals surface area contributed by atoms with Gasteiger partial charge in [0.25, 0.3) is 0 Å². The lowest BCUT2D eigenvalue weighted by atomic mass is 9.94. The van der Waals surface area contributed by atoms with Crippen molar-refractivity contribution in [3.63, 3.8) is 0 Å². The van der Waals surface area contributed by atoms with E-state index >= 15 is 0 Å². The molecule has 2 rings (SSSR count). The molecule has 0 aromatic carbocycles. The lowest BCUT2D eigenvalue weighted by Gasteiger charge is -2.46. The predicted molar refractivity (Wildman–Crippen MR) is 75.8 cm³/mol. The largest absolute Gasteiger partial charge is 0.377 e. The molecule has 2 aliphatic rings. The number of hydrogen-bond acceptors (Lipinski definition) is 3. The zero-order valence-electron chi connectivity index (χ0n) is 12.5. The first-order valence-corrected chi connectivity index (χ1v) is 7.74. The molecule has 0 aliphatic carbocycles. The quantitative estimate of drug-likeness (QED) is 0.833. The Morgan fingerprint density at radius 1 is 1.33 bits per heavy atom. The molecule has 3 heteroatoms. The van der Waals surface area contributed by atoms with Gasteiger partial charge in [-0.15, -0.1) is 0 Å². The second kappa shape index (κ2) is 6.36. The molecule has 0 bridgehead atoms. The Labute approximate surface area is 112 Å². The van der Waals surface area contributed by atoms with Crippen LogP contribution in [0.25, 0.3) is 0 Å². The van der Waals surface area contributed by atoms with Gasteiger partial charge >= 0.3 is 0 Å². The number of nitrogens with one attached hydrogen (secondary N) is 1. The van der Waals surface area contributed by atoms with Gasteiger partial charge in [0.05, 0.1) is 6.10 Å². The maximum atomic E-state index is 5.90. The minimum Gasteiger partial charge on any atom is -0.377 e. The van der Waals surface area contributed by atoms with Crippen molar-refractivity contribution in [2.45, 2.75) is 71.2 Å². The van der Waals surface area contributed by atoms with Gasteiger partial charge in [0.15, 0.2) is 0 Å². The fourth-order valence-electron chi connectivity index (χ4n) is 3.42. The zero-order chi connectivity index (χ0) is 13.1. The summed E-state index contributed by atoms with van der Waals surface area (Å²) >= 11 is 0. The molecule has 2 saturated heterocycles. The van der Waals surface area contributed by atoms with Gasteiger partial charge in [-0.25, -0.2) is 0 Å². The van der Waals surface area contributed by atoms with Crippen molar-refractivity contribution in [3.05, 3.63) is 0 Å². The molecule has 106 valence electrons. The molecule has 0 aromatic heterocycles. The van der Waals surface area contributed by atoms with Crippen LogP contribution in [0.1, 0.15) is 47.0 Å². The third-order valence-corrected chi connectivity index (χ3v) is 4.76. The van der Waals surface area contributed by atoms with Crippen molar-refractivity contribution < 1.29 is 4.74 Å². The van der Waals surface area contributed by atoms with Crippen molar-refractivity contribution >= 4 is 0 Å². The number of nitrogens with zero attached hydrogens (tertiary/aromatic N) is 1. The maximum Gasteiger partial charge on any atom is 0.0728 e. The number of rotatable bonds is 4. The van der Waals surface area contributed by atoms with Gasteiger partial charge in [0, 0.05) is 37.8 Å². The fourth-order valence-corrected chi connectivity index (χ4v) is 3.42.